The Kier molecular flexibility index (Phi) is 9.17. The zero-order chi connectivity index (χ0) is 25.0. The molecule has 5 N–H and O–H groups in total. The molecule has 11 heteroatoms. The van der Waals surface area contributed by atoms with Crippen LogP contribution in [0, 0.1) is 5.92 Å². The van der Waals surface area contributed by atoms with Crippen LogP contribution < -0.4 is 21.7 Å². The van der Waals surface area contributed by atoms with Gasteiger partial charge in [0, 0.05) is 6.54 Å². The van der Waals surface area contributed by atoms with Crippen molar-refractivity contribution in [1.29, 1.82) is 0 Å². The minimum Gasteiger partial charge on any atom is -0.444 e. The second-order valence-corrected chi connectivity index (χ2v) is 7.74. The van der Waals surface area contributed by atoms with E-state index in [2.05, 4.69) is 20.9 Å². The highest BCUT2D eigenvalue weighted by Gasteiger charge is 2.42. The Balaban J connectivity index is 1.53. The molecular weight excluding hydrogens is 454 g/mol. The molecule has 0 saturated carbocycles. The van der Waals surface area contributed by atoms with Gasteiger partial charge in [0.2, 0.25) is 17.8 Å². The largest absolute Gasteiger partial charge is 0.444 e. The molecule has 2 atom stereocenters. The second-order valence-electron chi connectivity index (χ2n) is 7.74. The predicted octanol–water partition coefficient (Wildman–Crippen LogP) is 1.58. The number of hydrogen-bond acceptors (Lipinski definition) is 7. The summed E-state index contributed by atoms with van der Waals surface area (Å²) >= 11 is 0. The smallest absolute Gasteiger partial charge is 0.414 e. The van der Waals surface area contributed by atoms with Crippen LogP contribution in [0.5, 0.6) is 0 Å². The van der Waals surface area contributed by atoms with E-state index in [0.717, 1.165) is 11.1 Å². The Bertz CT molecular complexity index is 1000. The van der Waals surface area contributed by atoms with Crippen molar-refractivity contribution >= 4 is 30.0 Å². The molecule has 184 valence electrons. The first-order valence-electron chi connectivity index (χ1n) is 11.0. The summed E-state index contributed by atoms with van der Waals surface area (Å²) in [5.41, 5.74) is 6.83. The maximum Gasteiger partial charge on any atom is 0.414 e. The lowest BCUT2D eigenvalue weighted by Gasteiger charge is -2.34. The summed E-state index contributed by atoms with van der Waals surface area (Å²) in [5.74, 6) is -1.52. The summed E-state index contributed by atoms with van der Waals surface area (Å²) in [4.78, 5) is 51.6. The second kappa shape index (κ2) is 12.7. The van der Waals surface area contributed by atoms with Gasteiger partial charge in [0.05, 0.1) is 5.92 Å². The molecule has 1 fully saturated rings. The van der Waals surface area contributed by atoms with Gasteiger partial charge < -0.3 is 20.5 Å². The van der Waals surface area contributed by atoms with E-state index >= 15 is 0 Å². The lowest BCUT2D eigenvalue weighted by atomic mass is 9.86. The van der Waals surface area contributed by atoms with Crippen LogP contribution in [-0.4, -0.2) is 42.5 Å². The summed E-state index contributed by atoms with van der Waals surface area (Å²) in [6.45, 7) is 0.218. The van der Waals surface area contributed by atoms with Gasteiger partial charge >= 0.3 is 12.2 Å². The first kappa shape index (κ1) is 25.2. The van der Waals surface area contributed by atoms with E-state index in [1.807, 2.05) is 36.4 Å². The number of primary amides is 1. The lowest BCUT2D eigenvalue weighted by molar-refractivity contribution is -0.142. The summed E-state index contributed by atoms with van der Waals surface area (Å²) in [7, 11) is 0. The number of benzene rings is 2. The number of β-lactam (4-membered cyclic amide) rings is 1. The normalized spacial score (nSPS) is 16.2. The van der Waals surface area contributed by atoms with Crippen LogP contribution in [-0.2, 0) is 32.3 Å². The number of nitrogens with one attached hydrogen (secondary N) is 3. The molecule has 0 radical (unpaired) electrons. The van der Waals surface area contributed by atoms with Crippen LogP contribution in [0.3, 0.4) is 0 Å². The van der Waals surface area contributed by atoms with Crippen LogP contribution in [0.2, 0.25) is 0 Å². The van der Waals surface area contributed by atoms with Gasteiger partial charge in [-0.1, -0.05) is 60.7 Å². The van der Waals surface area contributed by atoms with Crippen LogP contribution >= 0.6 is 0 Å². The van der Waals surface area contributed by atoms with E-state index in [0.29, 0.717) is 12.8 Å². The quantitative estimate of drug-likeness (QED) is 0.184. The van der Waals surface area contributed by atoms with Gasteiger partial charge in [-0.25, -0.2) is 9.59 Å². The number of guanidine groups is 1. The lowest BCUT2D eigenvalue weighted by Crippen LogP contribution is -2.63. The van der Waals surface area contributed by atoms with Crippen molar-refractivity contribution in [2.24, 2.45) is 16.6 Å². The molecule has 0 aliphatic carbocycles. The van der Waals surface area contributed by atoms with E-state index < -0.39 is 30.1 Å². The third-order valence-electron chi connectivity index (χ3n) is 5.15. The number of aliphatic imine (C=N–C) groups is 1. The maximum absolute atomic E-state index is 12.2. The molecule has 2 unspecified atom stereocenters. The van der Waals surface area contributed by atoms with Gasteiger partial charge in [0.1, 0.15) is 19.3 Å². The fourth-order valence-electron chi connectivity index (χ4n) is 3.31. The van der Waals surface area contributed by atoms with E-state index in [9.17, 15) is 19.2 Å². The number of nitrogens with zero attached hydrogens (tertiary/aromatic N) is 1. The molecular formula is C24H27N5O6. The van der Waals surface area contributed by atoms with E-state index in [-0.39, 0.29) is 31.6 Å². The molecule has 1 heterocycles. The molecule has 11 nitrogen and oxygen atoms in total. The van der Waals surface area contributed by atoms with E-state index in [4.69, 9.17) is 15.2 Å². The van der Waals surface area contributed by atoms with E-state index in [1.54, 1.807) is 24.3 Å². The van der Waals surface area contributed by atoms with Gasteiger partial charge in [-0.05, 0) is 24.0 Å². The van der Waals surface area contributed by atoms with Crippen molar-refractivity contribution < 1.29 is 28.7 Å². The van der Waals surface area contributed by atoms with Gasteiger partial charge in [-0.3, -0.25) is 25.2 Å². The fourth-order valence-corrected chi connectivity index (χ4v) is 3.31. The standard InChI is InChI=1S/C24H27N5O6/c25-20(30)19-18(21(31)27-19)12-7-13-26-22(28-23(32)34-14-16-8-3-1-4-9-16)29-24(33)35-15-17-10-5-2-6-11-17/h1-6,8-11,18-19H,7,12-15H2,(H2,25,30)(H,27,31)(H2,26,28,29,32,33). The number of hydrogen-bond donors (Lipinski definition) is 4. The van der Waals surface area contributed by atoms with Gasteiger partial charge in [-0.15, -0.1) is 0 Å². The molecule has 35 heavy (non-hydrogen) atoms. The molecule has 2 aromatic rings. The number of ether oxygens (including phenoxy) is 2. The topological polar surface area (TPSA) is 161 Å². The van der Waals surface area contributed by atoms with Crippen LogP contribution in [0.15, 0.2) is 65.7 Å². The van der Waals surface area contributed by atoms with Crippen LogP contribution in [0.25, 0.3) is 0 Å². The Hall–Kier alpha value is -4.41. The number of rotatable bonds is 9. The zero-order valence-electron chi connectivity index (χ0n) is 18.9. The highest BCUT2D eigenvalue weighted by molar-refractivity contribution is 6.01. The molecule has 0 bridgehead atoms. The average Bonchev–Trinajstić information content (AvgIpc) is 2.85. The molecule has 1 aliphatic rings. The maximum atomic E-state index is 12.2. The van der Waals surface area contributed by atoms with Crippen molar-refractivity contribution in [3.8, 4) is 0 Å². The highest BCUT2D eigenvalue weighted by atomic mass is 16.6. The molecule has 2 aromatic carbocycles. The monoisotopic (exact) mass is 481 g/mol. The molecule has 1 saturated heterocycles. The van der Waals surface area contributed by atoms with Crippen LogP contribution in [0.1, 0.15) is 24.0 Å². The van der Waals surface area contributed by atoms with Crippen molar-refractivity contribution in [3.63, 3.8) is 0 Å². The summed E-state index contributed by atoms with van der Waals surface area (Å²) in [5, 5.41) is 7.24. The summed E-state index contributed by atoms with van der Waals surface area (Å²) in [6.07, 6.45) is -0.855. The third-order valence-corrected chi connectivity index (χ3v) is 5.15. The van der Waals surface area contributed by atoms with Crippen molar-refractivity contribution in [1.82, 2.24) is 16.0 Å². The Labute approximate surface area is 202 Å². The summed E-state index contributed by atoms with van der Waals surface area (Å²) in [6, 6.07) is 17.5. The van der Waals surface area contributed by atoms with Crippen molar-refractivity contribution in [2.45, 2.75) is 32.1 Å². The van der Waals surface area contributed by atoms with Gasteiger partial charge in [-0.2, -0.15) is 0 Å². The highest BCUT2D eigenvalue weighted by Crippen LogP contribution is 2.20. The minimum atomic E-state index is -0.817. The van der Waals surface area contributed by atoms with Crippen molar-refractivity contribution in [2.75, 3.05) is 6.54 Å². The SMILES string of the molecule is NC(=O)C1NC(=O)C1CCCN=C(NC(=O)OCc1ccccc1)NC(=O)OCc1ccccc1. The minimum absolute atomic E-state index is 0.0315. The zero-order valence-corrected chi connectivity index (χ0v) is 18.9. The number of alkyl carbamates (subject to hydrolysis) is 2. The fraction of sp³-hybridized carbons (Fsp3) is 0.292. The predicted molar refractivity (Wildman–Crippen MR) is 126 cm³/mol. The van der Waals surface area contributed by atoms with Gasteiger partial charge in [0.25, 0.3) is 0 Å². The Morgan fingerprint density at radius 1 is 0.886 bits per heavy atom. The van der Waals surface area contributed by atoms with Crippen LogP contribution in [0.4, 0.5) is 9.59 Å². The van der Waals surface area contributed by atoms with Gasteiger partial charge in [0.15, 0.2) is 0 Å². The molecule has 4 amide bonds. The molecule has 0 spiro atoms. The number of carbonyl (C=O) groups is 4. The first-order valence-corrected chi connectivity index (χ1v) is 11.0. The average molecular weight is 482 g/mol. The molecule has 1 aliphatic heterocycles. The van der Waals surface area contributed by atoms with Crippen molar-refractivity contribution in [3.05, 3.63) is 71.8 Å². The van der Waals surface area contributed by atoms with E-state index in [1.165, 1.54) is 0 Å². The Morgan fingerprint density at radius 2 is 1.40 bits per heavy atom. The molecule has 3 rings (SSSR count). The number of nitrogens with two attached hydrogens (primary N) is 1. The Morgan fingerprint density at radius 3 is 1.86 bits per heavy atom. The number of carbonyl (C=O) groups excluding carboxylic acids is 4. The first-order chi connectivity index (χ1) is 16.9. The summed E-state index contributed by atoms with van der Waals surface area (Å²) < 4.78 is 10.3. The third kappa shape index (κ3) is 8.14. The molecule has 0 aromatic heterocycles. The number of amides is 4.